The molecule has 3 aromatic rings. The fourth-order valence-corrected chi connectivity index (χ4v) is 2.75. The van der Waals surface area contributed by atoms with E-state index in [0.29, 0.717) is 32.9 Å². The van der Waals surface area contributed by atoms with E-state index < -0.39 is 0 Å². The van der Waals surface area contributed by atoms with Crippen LogP contribution < -0.4 is 10.1 Å². The van der Waals surface area contributed by atoms with Crippen molar-refractivity contribution in [2.75, 3.05) is 12.4 Å². The molecule has 0 spiro atoms. The van der Waals surface area contributed by atoms with Crippen LogP contribution in [-0.2, 0) is 0 Å². The molecule has 3 rings (SSSR count). The van der Waals surface area contributed by atoms with Gasteiger partial charge >= 0.3 is 0 Å². The van der Waals surface area contributed by atoms with Crippen LogP contribution >= 0.6 is 23.2 Å². The molecule has 2 aromatic carbocycles. The SMILES string of the molecule is COc1cc(F)ccc1N[C@@H](C)c1nnc(-c2ccc(Cl)cc2Cl)o1. The Bertz CT molecular complexity index is 901. The molecule has 5 nitrogen and oxygen atoms in total. The van der Waals surface area contributed by atoms with Gasteiger partial charge in [-0.3, -0.25) is 0 Å². The van der Waals surface area contributed by atoms with Gasteiger partial charge in [0.2, 0.25) is 11.8 Å². The third-order valence-corrected chi connectivity index (χ3v) is 4.06. The summed E-state index contributed by atoms with van der Waals surface area (Å²) in [7, 11) is 1.47. The normalized spacial score (nSPS) is 12.0. The minimum atomic E-state index is -0.382. The third kappa shape index (κ3) is 3.86. The summed E-state index contributed by atoms with van der Waals surface area (Å²) in [6.45, 7) is 1.84. The van der Waals surface area contributed by atoms with Crippen LogP contribution in [0, 0.1) is 5.82 Å². The highest BCUT2D eigenvalue weighted by Crippen LogP contribution is 2.32. The van der Waals surface area contributed by atoms with E-state index in [9.17, 15) is 4.39 Å². The molecule has 0 bridgehead atoms. The number of nitrogens with one attached hydrogen (secondary N) is 1. The Hall–Kier alpha value is -2.31. The molecule has 0 aliphatic heterocycles. The van der Waals surface area contributed by atoms with E-state index >= 15 is 0 Å². The van der Waals surface area contributed by atoms with Gasteiger partial charge in [-0.05, 0) is 37.3 Å². The predicted molar refractivity (Wildman–Crippen MR) is 94.7 cm³/mol. The second kappa shape index (κ2) is 7.29. The minimum Gasteiger partial charge on any atom is -0.494 e. The van der Waals surface area contributed by atoms with Gasteiger partial charge in [-0.2, -0.15) is 0 Å². The fraction of sp³-hybridized carbons (Fsp3) is 0.176. The minimum absolute atomic E-state index is 0.288. The predicted octanol–water partition coefficient (Wildman–Crippen LogP) is 5.36. The van der Waals surface area contributed by atoms with Crippen LogP contribution in [0.5, 0.6) is 5.75 Å². The van der Waals surface area contributed by atoms with E-state index in [1.165, 1.54) is 19.2 Å². The summed E-state index contributed by atoms with van der Waals surface area (Å²) in [4.78, 5) is 0. The van der Waals surface area contributed by atoms with Crippen molar-refractivity contribution in [1.29, 1.82) is 0 Å². The van der Waals surface area contributed by atoms with Gasteiger partial charge in [0, 0.05) is 11.1 Å². The van der Waals surface area contributed by atoms with Crippen molar-refractivity contribution < 1.29 is 13.5 Å². The maximum Gasteiger partial charge on any atom is 0.249 e. The van der Waals surface area contributed by atoms with E-state index in [0.717, 1.165) is 0 Å². The number of rotatable bonds is 5. The van der Waals surface area contributed by atoms with Gasteiger partial charge in [-0.25, -0.2) is 4.39 Å². The first-order valence-corrected chi connectivity index (χ1v) is 8.12. The van der Waals surface area contributed by atoms with Gasteiger partial charge in [0.1, 0.15) is 17.6 Å². The van der Waals surface area contributed by atoms with Crippen molar-refractivity contribution in [3.63, 3.8) is 0 Å². The molecule has 0 amide bonds. The third-order valence-electron chi connectivity index (χ3n) is 3.51. The monoisotopic (exact) mass is 381 g/mol. The van der Waals surface area contributed by atoms with E-state index in [-0.39, 0.29) is 17.7 Å². The molecule has 130 valence electrons. The average Bonchev–Trinajstić information content (AvgIpc) is 3.06. The van der Waals surface area contributed by atoms with Gasteiger partial charge in [0.25, 0.3) is 0 Å². The van der Waals surface area contributed by atoms with Gasteiger partial charge in [-0.15, -0.1) is 10.2 Å². The van der Waals surface area contributed by atoms with E-state index in [1.807, 2.05) is 6.92 Å². The highest BCUT2D eigenvalue weighted by Gasteiger charge is 2.18. The molecular formula is C17H14Cl2FN3O2. The molecular weight excluding hydrogens is 368 g/mol. The van der Waals surface area contributed by atoms with Gasteiger partial charge in [-0.1, -0.05) is 23.2 Å². The number of halogens is 3. The highest BCUT2D eigenvalue weighted by atomic mass is 35.5. The smallest absolute Gasteiger partial charge is 0.249 e. The largest absolute Gasteiger partial charge is 0.494 e. The Labute approximate surface area is 153 Å². The Kier molecular flexibility index (Phi) is 5.11. The summed E-state index contributed by atoms with van der Waals surface area (Å²) in [5.41, 5.74) is 1.21. The van der Waals surface area contributed by atoms with Crippen molar-refractivity contribution >= 4 is 28.9 Å². The number of anilines is 1. The Morgan fingerprint density at radius 2 is 1.96 bits per heavy atom. The second-order valence-corrected chi connectivity index (χ2v) is 6.12. The second-order valence-electron chi connectivity index (χ2n) is 5.28. The lowest BCUT2D eigenvalue weighted by atomic mass is 10.2. The number of hydrogen-bond acceptors (Lipinski definition) is 5. The van der Waals surface area contributed by atoms with Gasteiger partial charge in [0.05, 0.1) is 23.4 Å². The molecule has 0 unspecified atom stereocenters. The van der Waals surface area contributed by atoms with Crippen LogP contribution in [-0.4, -0.2) is 17.3 Å². The zero-order chi connectivity index (χ0) is 18.0. The van der Waals surface area contributed by atoms with Crippen LogP contribution in [0.2, 0.25) is 10.0 Å². The van der Waals surface area contributed by atoms with Crippen LogP contribution in [0.1, 0.15) is 18.9 Å². The summed E-state index contributed by atoms with van der Waals surface area (Å²) in [6, 6.07) is 8.89. The number of aromatic nitrogens is 2. The summed E-state index contributed by atoms with van der Waals surface area (Å²) >= 11 is 12.0. The number of methoxy groups -OCH3 is 1. The Balaban J connectivity index is 1.82. The van der Waals surface area contributed by atoms with Crippen molar-refractivity contribution in [2.45, 2.75) is 13.0 Å². The van der Waals surface area contributed by atoms with Crippen LogP contribution in [0.4, 0.5) is 10.1 Å². The molecule has 8 heteroatoms. The molecule has 1 atom stereocenters. The molecule has 0 saturated heterocycles. The number of benzene rings is 2. The fourth-order valence-electron chi connectivity index (χ4n) is 2.26. The van der Waals surface area contributed by atoms with Gasteiger partial charge < -0.3 is 14.5 Å². The van der Waals surface area contributed by atoms with Crippen molar-refractivity contribution in [2.24, 2.45) is 0 Å². The number of hydrogen-bond donors (Lipinski definition) is 1. The first kappa shape index (κ1) is 17.5. The van der Waals surface area contributed by atoms with Crippen LogP contribution in [0.25, 0.3) is 11.5 Å². The molecule has 1 N–H and O–H groups in total. The Morgan fingerprint density at radius 3 is 2.68 bits per heavy atom. The standard InChI is InChI=1S/C17H14Cl2FN3O2/c1-9(21-14-6-4-11(20)8-15(14)24-2)16-22-23-17(25-16)12-5-3-10(18)7-13(12)19/h3-9,21H,1-2H3/t9-/m0/s1. The summed E-state index contributed by atoms with van der Waals surface area (Å²) in [5.74, 6) is 0.642. The van der Waals surface area contributed by atoms with Gasteiger partial charge in [0.15, 0.2) is 0 Å². The maximum absolute atomic E-state index is 13.3. The van der Waals surface area contributed by atoms with Crippen molar-refractivity contribution in [1.82, 2.24) is 10.2 Å². The van der Waals surface area contributed by atoms with Crippen molar-refractivity contribution in [3.8, 4) is 17.2 Å². The molecule has 1 heterocycles. The molecule has 0 saturated carbocycles. The topological polar surface area (TPSA) is 60.2 Å². The summed E-state index contributed by atoms with van der Waals surface area (Å²) < 4.78 is 24.1. The lowest BCUT2D eigenvalue weighted by Crippen LogP contribution is -2.08. The quantitative estimate of drug-likeness (QED) is 0.643. The lowest BCUT2D eigenvalue weighted by Gasteiger charge is -2.14. The van der Waals surface area contributed by atoms with Crippen LogP contribution in [0.3, 0.4) is 0 Å². The van der Waals surface area contributed by atoms with E-state index in [2.05, 4.69) is 15.5 Å². The summed E-state index contributed by atoms with van der Waals surface area (Å²) in [5, 5.41) is 12.2. The molecule has 25 heavy (non-hydrogen) atoms. The summed E-state index contributed by atoms with van der Waals surface area (Å²) in [6.07, 6.45) is 0. The van der Waals surface area contributed by atoms with Crippen molar-refractivity contribution in [3.05, 3.63) is 58.2 Å². The number of ether oxygens (including phenoxy) is 1. The molecule has 1 aromatic heterocycles. The molecule has 0 radical (unpaired) electrons. The maximum atomic E-state index is 13.3. The molecule has 0 aliphatic carbocycles. The lowest BCUT2D eigenvalue weighted by molar-refractivity contribution is 0.411. The first-order valence-electron chi connectivity index (χ1n) is 7.37. The first-order chi connectivity index (χ1) is 12.0. The van der Waals surface area contributed by atoms with E-state index in [4.69, 9.17) is 32.4 Å². The van der Waals surface area contributed by atoms with Crippen LogP contribution in [0.15, 0.2) is 40.8 Å². The zero-order valence-electron chi connectivity index (χ0n) is 13.4. The average molecular weight is 382 g/mol. The molecule has 0 fully saturated rings. The zero-order valence-corrected chi connectivity index (χ0v) is 14.9. The Morgan fingerprint density at radius 1 is 1.16 bits per heavy atom. The molecule has 0 aliphatic rings. The van der Waals surface area contributed by atoms with E-state index in [1.54, 1.807) is 24.3 Å². The highest BCUT2D eigenvalue weighted by molar-refractivity contribution is 6.36. The number of nitrogens with zero attached hydrogens (tertiary/aromatic N) is 2.